The van der Waals surface area contributed by atoms with Crippen LogP contribution in [0.1, 0.15) is 22.8 Å². The molecule has 0 fully saturated rings. The number of phenols is 1. The molecule has 120 valence electrons. The molecule has 0 spiro atoms. The first-order valence-corrected chi connectivity index (χ1v) is 7.92. The highest BCUT2D eigenvalue weighted by Gasteiger charge is 2.09. The number of carbonyl (C=O) groups excluding carboxylic acids is 1. The third kappa shape index (κ3) is 4.71. The third-order valence-electron chi connectivity index (χ3n) is 2.85. The normalized spacial score (nSPS) is 10.7. The van der Waals surface area contributed by atoms with Crippen LogP contribution in [0.4, 0.5) is 0 Å². The molecule has 7 heteroatoms. The number of hydrazone groups is 1. The van der Waals surface area contributed by atoms with Gasteiger partial charge in [0.25, 0.3) is 5.91 Å². The topological polar surface area (TPSA) is 70.9 Å². The van der Waals surface area contributed by atoms with Gasteiger partial charge < -0.3 is 9.84 Å². The van der Waals surface area contributed by atoms with E-state index in [9.17, 15) is 9.90 Å². The third-order valence-corrected chi connectivity index (χ3v) is 3.55. The Hall–Kier alpha value is -2.05. The maximum absolute atomic E-state index is 11.9. The van der Waals surface area contributed by atoms with E-state index in [0.29, 0.717) is 28.5 Å². The molecule has 0 heterocycles. The predicted molar refractivity (Wildman–Crippen MR) is 93.5 cm³/mol. The smallest absolute Gasteiger partial charge is 0.271 e. The molecule has 0 aliphatic heterocycles. The maximum atomic E-state index is 11.9. The van der Waals surface area contributed by atoms with Crippen LogP contribution in [0.15, 0.2) is 46.0 Å². The van der Waals surface area contributed by atoms with E-state index >= 15 is 0 Å². The summed E-state index contributed by atoms with van der Waals surface area (Å²) in [5, 5.41) is 14.5. The van der Waals surface area contributed by atoms with E-state index < -0.39 is 0 Å². The first-order valence-electron chi connectivity index (χ1n) is 6.75. The Kier molecular flexibility index (Phi) is 6.01. The predicted octanol–water partition coefficient (Wildman–Crippen LogP) is 3.97. The molecule has 2 rings (SSSR count). The number of amides is 1. The van der Waals surface area contributed by atoms with Gasteiger partial charge in [-0.3, -0.25) is 4.79 Å². The highest BCUT2D eigenvalue weighted by Crippen LogP contribution is 2.32. The van der Waals surface area contributed by atoms with Crippen LogP contribution in [0, 0.1) is 0 Å². The summed E-state index contributed by atoms with van der Waals surface area (Å²) < 4.78 is 6.05. The highest BCUT2D eigenvalue weighted by atomic mass is 79.9. The van der Waals surface area contributed by atoms with Gasteiger partial charge in [0, 0.05) is 20.6 Å². The second kappa shape index (κ2) is 7.99. The maximum Gasteiger partial charge on any atom is 0.271 e. The van der Waals surface area contributed by atoms with E-state index in [1.807, 2.05) is 6.92 Å². The van der Waals surface area contributed by atoms with E-state index in [4.69, 9.17) is 16.3 Å². The van der Waals surface area contributed by atoms with Gasteiger partial charge in [-0.25, -0.2) is 5.43 Å². The molecule has 1 amide bonds. The number of nitrogens with zero attached hydrogens (tertiary/aromatic N) is 1. The van der Waals surface area contributed by atoms with Crippen LogP contribution in [0.25, 0.3) is 0 Å². The summed E-state index contributed by atoms with van der Waals surface area (Å²) in [4.78, 5) is 11.9. The lowest BCUT2D eigenvalue weighted by Gasteiger charge is -2.08. The van der Waals surface area contributed by atoms with Crippen molar-refractivity contribution in [1.82, 2.24) is 5.43 Å². The van der Waals surface area contributed by atoms with Gasteiger partial charge in [0.1, 0.15) is 0 Å². The minimum atomic E-state index is -0.377. The molecule has 2 N–H and O–H groups in total. The van der Waals surface area contributed by atoms with Gasteiger partial charge in [-0.05, 0) is 43.3 Å². The van der Waals surface area contributed by atoms with Crippen molar-refractivity contribution in [3.05, 3.63) is 57.0 Å². The number of hydrogen-bond acceptors (Lipinski definition) is 4. The van der Waals surface area contributed by atoms with Crippen LogP contribution >= 0.6 is 27.5 Å². The summed E-state index contributed by atoms with van der Waals surface area (Å²) in [6.07, 6.45) is 1.34. The molecule has 0 saturated carbocycles. The molecule has 0 aliphatic carbocycles. The van der Waals surface area contributed by atoms with Crippen molar-refractivity contribution in [2.45, 2.75) is 6.92 Å². The van der Waals surface area contributed by atoms with Gasteiger partial charge in [-0.1, -0.05) is 27.5 Å². The quantitative estimate of drug-likeness (QED) is 0.592. The minimum Gasteiger partial charge on any atom is -0.504 e. The first kappa shape index (κ1) is 17.3. The van der Waals surface area contributed by atoms with E-state index in [-0.39, 0.29) is 11.7 Å². The number of phenolic OH excluding ortho intramolecular Hbond substituents is 1. The summed E-state index contributed by atoms with van der Waals surface area (Å²) in [6, 6.07) is 9.75. The minimum absolute atomic E-state index is 0.0421. The Morgan fingerprint density at radius 1 is 1.39 bits per heavy atom. The Morgan fingerprint density at radius 3 is 2.74 bits per heavy atom. The Morgan fingerprint density at radius 2 is 2.09 bits per heavy atom. The van der Waals surface area contributed by atoms with Crippen molar-refractivity contribution in [3.8, 4) is 11.5 Å². The van der Waals surface area contributed by atoms with Crippen molar-refractivity contribution in [2.24, 2.45) is 5.10 Å². The monoisotopic (exact) mass is 396 g/mol. The number of carbonyl (C=O) groups is 1. The van der Waals surface area contributed by atoms with Gasteiger partial charge in [0.2, 0.25) is 0 Å². The molecule has 0 aromatic heterocycles. The fraction of sp³-hybridized carbons (Fsp3) is 0.125. The number of halogens is 2. The molecule has 2 aromatic rings. The molecule has 2 aromatic carbocycles. The lowest BCUT2D eigenvalue weighted by atomic mass is 10.2. The van der Waals surface area contributed by atoms with Gasteiger partial charge >= 0.3 is 0 Å². The van der Waals surface area contributed by atoms with Crippen LogP contribution < -0.4 is 10.2 Å². The lowest BCUT2D eigenvalue weighted by Crippen LogP contribution is -2.17. The summed E-state index contributed by atoms with van der Waals surface area (Å²) in [6.45, 7) is 2.24. The molecule has 5 nitrogen and oxygen atoms in total. The number of rotatable bonds is 5. The highest BCUT2D eigenvalue weighted by molar-refractivity contribution is 9.10. The molecule has 0 atom stereocenters. The van der Waals surface area contributed by atoms with Crippen LogP contribution in [-0.4, -0.2) is 23.8 Å². The summed E-state index contributed by atoms with van der Waals surface area (Å²) >= 11 is 9.10. The van der Waals surface area contributed by atoms with Crippen LogP contribution in [0.5, 0.6) is 11.5 Å². The molecule has 0 aliphatic rings. The van der Waals surface area contributed by atoms with E-state index in [1.54, 1.807) is 36.4 Å². The summed E-state index contributed by atoms with van der Waals surface area (Å²) in [5.74, 6) is -0.0793. The second-order valence-electron chi connectivity index (χ2n) is 4.48. The van der Waals surface area contributed by atoms with Crippen LogP contribution in [0.2, 0.25) is 5.02 Å². The Balaban J connectivity index is 2.11. The standard InChI is InChI=1S/C16H14BrClN2O3/c1-2-23-14-8-12(17)7-11(15(14)21)9-19-20-16(22)10-3-5-13(18)6-4-10/h3-9,21H,2H2,1H3,(H,20,22). The zero-order valence-electron chi connectivity index (χ0n) is 12.2. The molecular weight excluding hydrogens is 384 g/mol. The van der Waals surface area contributed by atoms with E-state index in [1.165, 1.54) is 6.21 Å². The average molecular weight is 398 g/mol. The molecular formula is C16H14BrClN2O3. The van der Waals surface area contributed by atoms with Crippen molar-refractivity contribution in [1.29, 1.82) is 0 Å². The number of hydrogen-bond donors (Lipinski definition) is 2. The SMILES string of the molecule is CCOc1cc(Br)cc(C=NNC(=O)c2ccc(Cl)cc2)c1O. The van der Waals surface area contributed by atoms with Crippen molar-refractivity contribution in [2.75, 3.05) is 6.61 Å². The zero-order chi connectivity index (χ0) is 16.8. The number of nitrogens with one attached hydrogen (secondary N) is 1. The molecule has 23 heavy (non-hydrogen) atoms. The van der Waals surface area contributed by atoms with E-state index in [0.717, 1.165) is 4.47 Å². The fourth-order valence-electron chi connectivity index (χ4n) is 1.78. The summed E-state index contributed by atoms with van der Waals surface area (Å²) in [7, 11) is 0. The van der Waals surface area contributed by atoms with Crippen molar-refractivity contribution < 1.29 is 14.6 Å². The van der Waals surface area contributed by atoms with Crippen molar-refractivity contribution in [3.63, 3.8) is 0 Å². The largest absolute Gasteiger partial charge is 0.504 e. The Bertz CT molecular complexity index is 733. The van der Waals surface area contributed by atoms with Gasteiger partial charge in [0.05, 0.1) is 12.8 Å². The van der Waals surface area contributed by atoms with Crippen LogP contribution in [0.3, 0.4) is 0 Å². The lowest BCUT2D eigenvalue weighted by molar-refractivity contribution is 0.0955. The molecule has 0 radical (unpaired) electrons. The Labute approximate surface area is 147 Å². The zero-order valence-corrected chi connectivity index (χ0v) is 14.6. The molecule has 0 bridgehead atoms. The van der Waals surface area contributed by atoms with Gasteiger partial charge in [-0.2, -0.15) is 5.10 Å². The first-order chi connectivity index (χ1) is 11.0. The second-order valence-corrected chi connectivity index (χ2v) is 5.83. The number of ether oxygens (including phenoxy) is 1. The molecule has 0 saturated heterocycles. The van der Waals surface area contributed by atoms with Crippen LogP contribution in [-0.2, 0) is 0 Å². The summed E-state index contributed by atoms with van der Waals surface area (Å²) in [5.41, 5.74) is 3.23. The van der Waals surface area contributed by atoms with Crippen molar-refractivity contribution >= 4 is 39.7 Å². The number of aromatic hydroxyl groups is 1. The van der Waals surface area contributed by atoms with Gasteiger partial charge in [0.15, 0.2) is 11.5 Å². The molecule has 0 unspecified atom stereocenters. The van der Waals surface area contributed by atoms with Gasteiger partial charge in [-0.15, -0.1) is 0 Å². The van der Waals surface area contributed by atoms with E-state index in [2.05, 4.69) is 26.5 Å². The fourth-order valence-corrected chi connectivity index (χ4v) is 2.37. The average Bonchev–Trinajstić information content (AvgIpc) is 2.52. The number of benzene rings is 2.